The summed E-state index contributed by atoms with van der Waals surface area (Å²) in [6.07, 6.45) is 1.11. The molecule has 0 fully saturated rings. The third kappa shape index (κ3) is 3.38. The van der Waals surface area contributed by atoms with Crippen LogP contribution in [0.4, 0.5) is 14.6 Å². The van der Waals surface area contributed by atoms with E-state index in [0.29, 0.717) is 0 Å². The second-order valence-corrected chi connectivity index (χ2v) is 3.84. The first-order valence-corrected chi connectivity index (χ1v) is 5.00. The van der Waals surface area contributed by atoms with Crippen LogP contribution in [0, 0.1) is 3.57 Å². The van der Waals surface area contributed by atoms with E-state index in [0.717, 1.165) is 6.33 Å². The van der Waals surface area contributed by atoms with Gasteiger partial charge in [0.1, 0.15) is 16.0 Å². The number of hydrogen-bond donors (Lipinski definition) is 3. The Morgan fingerprint density at radius 2 is 2.33 bits per heavy atom. The first-order chi connectivity index (χ1) is 6.96. The van der Waals surface area contributed by atoms with Crippen LogP contribution in [0.15, 0.2) is 11.1 Å². The van der Waals surface area contributed by atoms with Gasteiger partial charge in [-0.05, 0) is 22.6 Å². The summed E-state index contributed by atoms with van der Waals surface area (Å²) in [6, 6.07) is 0. The van der Waals surface area contributed by atoms with E-state index >= 15 is 0 Å². The normalized spacial score (nSPS) is 11.5. The highest BCUT2D eigenvalue weighted by Gasteiger charge is 2.27. The minimum atomic E-state index is -3.23. The number of nitrogens with one attached hydrogen (secondary N) is 2. The molecule has 3 N–H and O–H groups in total. The molecular weight excluding hydrogens is 323 g/mol. The Bertz CT molecular complexity index is 396. The summed E-state index contributed by atoms with van der Waals surface area (Å²) >= 11 is 1.69. The number of hydrogen-bond acceptors (Lipinski definition) is 4. The van der Waals surface area contributed by atoms with Crippen LogP contribution in [0.2, 0.25) is 0 Å². The lowest BCUT2D eigenvalue weighted by Crippen LogP contribution is -2.32. The maximum Gasteiger partial charge on any atom is 0.287 e. The molecule has 0 aliphatic heterocycles. The molecule has 0 aromatic carbocycles. The molecule has 0 aliphatic carbocycles. The molecule has 0 saturated heterocycles. The maximum absolute atomic E-state index is 12.6. The lowest BCUT2D eigenvalue weighted by atomic mass is 10.3. The van der Waals surface area contributed by atoms with Crippen molar-refractivity contribution in [1.82, 2.24) is 9.97 Å². The zero-order valence-corrected chi connectivity index (χ0v) is 9.59. The van der Waals surface area contributed by atoms with Crippen molar-refractivity contribution in [3.63, 3.8) is 0 Å². The number of aliphatic hydroxyl groups is 1. The summed E-state index contributed by atoms with van der Waals surface area (Å²) in [5, 5.41) is 10.6. The Hall–Kier alpha value is -0.770. The van der Waals surface area contributed by atoms with Crippen LogP contribution in [-0.4, -0.2) is 34.1 Å². The van der Waals surface area contributed by atoms with E-state index in [4.69, 9.17) is 5.11 Å². The fourth-order valence-electron chi connectivity index (χ4n) is 0.775. The van der Waals surface area contributed by atoms with Gasteiger partial charge in [-0.2, -0.15) is 0 Å². The largest absolute Gasteiger partial charge is 0.390 e. The Labute approximate surface area is 97.1 Å². The minimum Gasteiger partial charge on any atom is -0.390 e. The van der Waals surface area contributed by atoms with Gasteiger partial charge in [0.2, 0.25) is 0 Å². The molecule has 15 heavy (non-hydrogen) atoms. The van der Waals surface area contributed by atoms with Crippen molar-refractivity contribution < 1.29 is 13.9 Å². The van der Waals surface area contributed by atoms with Crippen molar-refractivity contribution in [2.24, 2.45) is 0 Å². The van der Waals surface area contributed by atoms with Crippen LogP contribution in [0.3, 0.4) is 0 Å². The van der Waals surface area contributed by atoms with Crippen molar-refractivity contribution >= 4 is 28.4 Å². The molecule has 0 bridgehead atoms. The zero-order valence-electron chi connectivity index (χ0n) is 7.43. The maximum atomic E-state index is 12.6. The number of aromatic amines is 1. The number of H-pyrrole nitrogens is 1. The lowest BCUT2D eigenvalue weighted by molar-refractivity contribution is -0.0373. The molecule has 0 spiro atoms. The third-order valence-electron chi connectivity index (χ3n) is 1.54. The Kier molecular flexibility index (Phi) is 3.97. The number of halogens is 3. The predicted octanol–water partition coefficient (Wildman–Crippen LogP) is 0.414. The van der Waals surface area contributed by atoms with E-state index in [1.807, 2.05) is 0 Å². The Balaban J connectivity index is 2.74. The predicted molar refractivity (Wildman–Crippen MR) is 58.1 cm³/mol. The van der Waals surface area contributed by atoms with Gasteiger partial charge in [-0.25, -0.2) is 13.8 Å². The molecular formula is C7H8F2IN3O2. The quantitative estimate of drug-likeness (QED) is 0.699. The van der Waals surface area contributed by atoms with E-state index < -0.39 is 24.6 Å². The summed E-state index contributed by atoms with van der Waals surface area (Å²) in [5.74, 6) is -3.15. The molecule has 0 radical (unpaired) electrons. The number of alkyl halides is 2. The number of aliphatic hydroxyl groups excluding tert-OH is 1. The molecule has 0 aliphatic rings. The first kappa shape index (κ1) is 12.3. The zero-order chi connectivity index (χ0) is 11.5. The van der Waals surface area contributed by atoms with E-state index in [-0.39, 0.29) is 9.39 Å². The average Bonchev–Trinajstić information content (AvgIpc) is 2.20. The molecule has 1 heterocycles. The van der Waals surface area contributed by atoms with Crippen LogP contribution < -0.4 is 10.9 Å². The molecule has 0 atom stereocenters. The number of rotatable bonds is 4. The number of aromatic nitrogens is 2. The van der Waals surface area contributed by atoms with Gasteiger partial charge in [0, 0.05) is 0 Å². The smallest absolute Gasteiger partial charge is 0.287 e. The topological polar surface area (TPSA) is 78.0 Å². The highest BCUT2D eigenvalue weighted by atomic mass is 127. The molecule has 0 amide bonds. The second kappa shape index (κ2) is 4.84. The van der Waals surface area contributed by atoms with Crippen molar-refractivity contribution in [1.29, 1.82) is 0 Å². The van der Waals surface area contributed by atoms with Crippen LogP contribution in [0.5, 0.6) is 0 Å². The lowest BCUT2D eigenvalue weighted by Gasteiger charge is -2.14. The first-order valence-electron chi connectivity index (χ1n) is 3.92. The average molecular weight is 331 g/mol. The number of nitrogens with zero attached hydrogens (tertiary/aromatic N) is 1. The molecule has 1 rings (SSSR count). The van der Waals surface area contributed by atoms with E-state index in [1.165, 1.54) is 0 Å². The van der Waals surface area contributed by atoms with Gasteiger partial charge in [0.15, 0.2) is 0 Å². The fourth-order valence-corrected chi connectivity index (χ4v) is 1.26. The molecule has 8 heteroatoms. The van der Waals surface area contributed by atoms with Gasteiger partial charge >= 0.3 is 0 Å². The van der Waals surface area contributed by atoms with Crippen LogP contribution in [0.1, 0.15) is 0 Å². The van der Waals surface area contributed by atoms with E-state index in [9.17, 15) is 13.6 Å². The van der Waals surface area contributed by atoms with Crippen molar-refractivity contribution in [3.05, 3.63) is 20.3 Å². The minimum absolute atomic E-state index is 0.0764. The highest BCUT2D eigenvalue weighted by molar-refractivity contribution is 14.1. The second-order valence-electron chi connectivity index (χ2n) is 2.76. The molecule has 84 valence electrons. The van der Waals surface area contributed by atoms with E-state index in [2.05, 4.69) is 15.3 Å². The SMILES string of the molecule is O=c1[nH]cnc(NCC(F)(F)CO)c1I. The molecule has 1 aromatic rings. The Morgan fingerprint density at radius 3 is 2.93 bits per heavy atom. The van der Waals surface area contributed by atoms with E-state index in [1.54, 1.807) is 22.6 Å². The third-order valence-corrected chi connectivity index (χ3v) is 2.54. The van der Waals surface area contributed by atoms with Gasteiger partial charge in [0.25, 0.3) is 11.5 Å². The van der Waals surface area contributed by atoms with Gasteiger partial charge in [-0.15, -0.1) is 0 Å². The van der Waals surface area contributed by atoms with Crippen molar-refractivity contribution in [2.75, 3.05) is 18.5 Å². The van der Waals surface area contributed by atoms with Gasteiger partial charge in [0.05, 0.1) is 12.9 Å². The van der Waals surface area contributed by atoms with Crippen molar-refractivity contribution in [2.45, 2.75) is 5.92 Å². The molecule has 0 unspecified atom stereocenters. The van der Waals surface area contributed by atoms with Gasteiger partial charge in [-0.3, -0.25) is 4.79 Å². The molecule has 0 saturated carbocycles. The summed E-state index contributed by atoms with van der Waals surface area (Å²) in [7, 11) is 0. The van der Waals surface area contributed by atoms with Crippen LogP contribution >= 0.6 is 22.6 Å². The number of anilines is 1. The van der Waals surface area contributed by atoms with Gasteiger partial charge < -0.3 is 15.4 Å². The highest BCUT2D eigenvalue weighted by Crippen LogP contribution is 2.15. The summed E-state index contributed by atoms with van der Waals surface area (Å²) in [6.45, 7) is -2.02. The standard InChI is InChI=1S/C7H8F2IN3O2/c8-7(9,2-14)1-11-5-4(10)6(15)13-3-12-5/h3,14H,1-2H2,(H2,11,12,13,15). The van der Waals surface area contributed by atoms with Crippen LogP contribution in [0.25, 0.3) is 0 Å². The summed E-state index contributed by atoms with van der Waals surface area (Å²) in [4.78, 5) is 17.0. The van der Waals surface area contributed by atoms with Gasteiger partial charge in [-0.1, -0.05) is 0 Å². The Morgan fingerprint density at radius 1 is 1.67 bits per heavy atom. The monoisotopic (exact) mass is 331 g/mol. The summed E-state index contributed by atoms with van der Waals surface area (Å²) in [5.41, 5.74) is -0.402. The van der Waals surface area contributed by atoms with Crippen molar-refractivity contribution in [3.8, 4) is 0 Å². The van der Waals surface area contributed by atoms with Crippen LogP contribution in [-0.2, 0) is 0 Å². The summed E-state index contributed by atoms with van der Waals surface area (Å²) < 4.78 is 25.5. The molecule has 1 aromatic heterocycles. The fraction of sp³-hybridized carbons (Fsp3) is 0.429. The molecule has 5 nitrogen and oxygen atoms in total.